The summed E-state index contributed by atoms with van der Waals surface area (Å²) in [6.45, 7) is 1.95. The summed E-state index contributed by atoms with van der Waals surface area (Å²) in [5.74, 6) is 0. The van der Waals surface area contributed by atoms with Crippen LogP contribution in [0.4, 0.5) is 22.7 Å². The van der Waals surface area contributed by atoms with Gasteiger partial charge in [0.05, 0.1) is 39.6 Å². The van der Waals surface area contributed by atoms with Gasteiger partial charge in [0.2, 0.25) is 4.80 Å². The summed E-state index contributed by atoms with van der Waals surface area (Å²) in [6, 6.07) is 24.7. The van der Waals surface area contributed by atoms with Crippen molar-refractivity contribution in [2.75, 3.05) is 5.32 Å². The van der Waals surface area contributed by atoms with Crippen molar-refractivity contribution in [2.45, 2.75) is 16.7 Å². The fourth-order valence-electron chi connectivity index (χ4n) is 4.05. The molecule has 10 heteroatoms. The molecule has 186 valence electrons. The highest BCUT2D eigenvalue weighted by Crippen LogP contribution is 2.44. The average Bonchev–Trinajstić information content (AvgIpc) is 3.33. The second-order valence-electron chi connectivity index (χ2n) is 8.47. The van der Waals surface area contributed by atoms with Crippen LogP contribution in [0.5, 0.6) is 0 Å². The molecule has 3 heterocycles. The third kappa shape index (κ3) is 4.74. The van der Waals surface area contributed by atoms with Crippen LogP contribution in [-0.4, -0.2) is 20.3 Å². The molecule has 2 aromatic heterocycles. The number of aromatic nitrogens is 2. The number of non-ortho nitro benzene ring substituents is 1. The number of benzene rings is 3. The first-order valence-electron chi connectivity index (χ1n) is 11.7. The van der Waals surface area contributed by atoms with Gasteiger partial charge in [-0.25, -0.2) is 9.67 Å². The fraction of sp³-hybridized carbons (Fsp3) is 0.0357. The van der Waals surface area contributed by atoms with Gasteiger partial charge in [0.15, 0.2) is 0 Å². The Morgan fingerprint density at radius 1 is 1.00 bits per heavy atom. The number of nitro benzene ring substituents is 1. The summed E-state index contributed by atoms with van der Waals surface area (Å²) in [4.78, 5) is 22.9. The van der Waals surface area contributed by atoms with Gasteiger partial charge in [-0.05, 0) is 48.9 Å². The number of thiazole rings is 1. The number of hydrogen-bond donors (Lipinski definition) is 1. The second kappa shape index (κ2) is 10.1. The minimum Gasteiger partial charge on any atom is -0.354 e. The number of pyridine rings is 1. The fourth-order valence-corrected chi connectivity index (χ4v) is 5.87. The Balaban J connectivity index is 1.45. The highest BCUT2D eigenvalue weighted by atomic mass is 32.2. The van der Waals surface area contributed by atoms with Crippen LogP contribution in [0.25, 0.3) is 11.3 Å². The summed E-state index contributed by atoms with van der Waals surface area (Å²) in [5, 5.41) is 21.8. The van der Waals surface area contributed by atoms with Crippen molar-refractivity contribution in [1.29, 1.82) is 0 Å². The van der Waals surface area contributed by atoms with Gasteiger partial charge in [-0.3, -0.25) is 15.1 Å². The van der Waals surface area contributed by atoms with Crippen LogP contribution in [0.1, 0.15) is 12.5 Å². The summed E-state index contributed by atoms with van der Waals surface area (Å²) in [6.07, 6.45) is 3.37. The molecular formula is C28H20N6O2S2. The first-order chi connectivity index (χ1) is 18.5. The topological polar surface area (TPSA) is 97.7 Å². The van der Waals surface area contributed by atoms with E-state index in [9.17, 15) is 10.1 Å². The van der Waals surface area contributed by atoms with Gasteiger partial charge >= 0.3 is 0 Å². The maximum atomic E-state index is 11.4. The lowest BCUT2D eigenvalue weighted by Gasteiger charge is -2.21. The van der Waals surface area contributed by atoms with Gasteiger partial charge in [-0.1, -0.05) is 42.1 Å². The first-order valence-corrected chi connectivity index (χ1v) is 13.4. The van der Waals surface area contributed by atoms with E-state index in [-0.39, 0.29) is 5.69 Å². The van der Waals surface area contributed by atoms with Crippen LogP contribution in [0, 0.1) is 10.1 Å². The molecule has 0 saturated carbocycles. The monoisotopic (exact) mass is 536 g/mol. The van der Waals surface area contributed by atoms with E-state index in [0.717, 1.165) is 27.5 Å². The molecule has 0 bridgehead atoms. The molecule has 3 aromatic carbocycles. The molecule has 0 fully saturated rings. The smallest absolute Gasteiger partial charge is 0.270 e. The zero-order valence-corrected chi connectivity index (χ0v) is 21.7. The molecular weight excluding hydrogens is 516 g/mol. The van der Waals surface area contributed by atoms with Crippen molar-refractivity contribution >= 4 is 51.6 Å². The van der Waals surface area contributed by atoms with Crippen LogP contribution < -0.4 is 10.1 Å². The molecule has 0 saturated heterocycles. The minimum absolute atomic E-state index is 0.0187. The van der Waals surface area contributed by atoms with Gasteiger partial charge in [0.25, 0.3) is 5.69 Å². The Morgan fingerprint density at radius 2 is 1.87 bits per heavy atom. The van der Waals surface area contributed by atoms with E-state index in [4.69, 9.17) is 10.1 Å². The average molecular weight is 537 g/mol. The number of nitro groups is 1. The van der Waals surface area contributed by atoms with Crippen molar-refractivity contribution in [3.05, 3.63) is 117 Å². The molecule has 0 aliphatic carbocycles. The predicted molar refractivity (Wildman–Crippen MR) is 152 cm³/mol. The first kappa shape index (κ1) is 23.8. The highest BCUT2D eigenvalue weighted by Gasteiger charge is 2.17. The Morgan fingerprint density at radius 3 is 2.71 bits per heavy atom. The van der Waals surface area contributed by atoms with Gasteiger partial charge in [0, 0.05) is 39.1 Å². The zero-order valence-electron chi connectivity index (χ0n) is 20.1. The molecule has 1 aliphatic heterocycles. The predicted octanol–water partition coefficient (Wildman–Crippen LogP) is 7.23. The third-order valence-electron chi connectivity index (χ3n) is 5.93. The summed E-state index contributed by atoms with van der Waals surface area (Å²) >= 11 is 3.14. The number of rotatable bonds is 5. The number of fused-ring (bicyclic) bond motifs is 2. The van der Waals surface area contributed by atoms with E-state index >= 15 is 0 Å². The Labute approximate surface area is 226 Å². The second-order valence-corrected chi connectivity index (χ2v) is 10.4. The molecule has 5 aromatic rings. The zero-order chi connectivity index (χ0) is 26.1. The highest BCUT2D eigenvalue weighted by molar-refractivity contribution is 7.99. The third-order valence-corrected chi connectivity index (χ3v) is 7.90. The molecule has 0 spiro atoms. The van der Waals surface area contributed by atoms with Crippen LogP contribution in [0.3, 0.4) is 0 Å². The lowest BCUT2D eigenvalue weighted by Crippen LogP contribution is -2.14. The largest absolute Gasteiger partial charge is 0.354 e. The van der Waals surface area contributed by atoms with Crippen LogP contribution >= 0.6 is 23.1 Å². The Hall–Kier alpha value is -4.54. The summed E-state index contributed by atoms with van der Waals surface area (Å²) in [7, 11) is 0. The SMILES string of the molecule is CC(=Nn1c(-c2cccc([N+](=O)[O-])c2)csc1=Nc1cccnc1)c1ccc2c(c1)Nc1ccccc1S2. The number of anilines is 2. The molecule has 0 atom stereocenters. The van der Waals surface area contributed by atoms with E-state index < -0.39 is 4.92 Å². The lowest BCUT2D eigenvalue weighted by molar-refractivity contribution is -0.384. The number of nitrogens with one attached hydrogen (secondary N) is 1. The molecule has 1 aliphatic rings. The Bertz CT molecular complexity index is 1780. The molecule has 1 N–H and O–H groups in total. The van der Waals surface area contributed by atoms with Crippen LogP contribution in [0.15, 0.2) is 117 Å². The molecule has 8 nitrogen and oxygen atoms in total. The quantitative estimate of drug-likeness (QED) is 0.142. The van der Waals surface area contributed by atoms with E-state index in [2.05, 4.69) is 40.6 Å². The molecule has 38 heavy (non-hydrogen) atoms. The van der Waals surface area contributed by atoms with Crippen molar-refractivity contribution in [1.82, 2.24) is 9.66 Å². The number of nitrogens with zero attached hydrogens (tertiary/aromatic N) is 5. The van der Waals surface area contributed by atoms with Crippen LogP contribution in [-0.2, 0) is 0 Å². The Kier molecular flexibility index (Phi) is 6.32. The van der Waals surface area contributed by atoms with Gasteiger partial charge in [-0.15, -0.1) is 11.3 Å². The van der Waals surface area contributed by atoms with Gasteiger partial charge < -0.3 is 5.32 Å². The maximum Gasteiger partial charge on any atom is 0.270 e. The van der Waals surface area contributed by atoms with E-state index in [1.165, 1.54) is 22.3 Å². The van der Waals surface area contributed by atoms with E-state index in [1.807, 2.05) is 42.6 Å². The molecule has 6 rings (SSSR count). The minimum atomic E-state index is -0.397. The van der Waals surface area contributed by atoms with Crippen molar-refractivity contribution in [3.8, 4) is 11.3 Å². The number of hydrogen-bond acceptors (Lipinski definition) is 8. The standard InChI is InChI=1S/C28H20N6O2S2/c1-18(19-11-12-27-24(15-19)31-23-9-2-3-10-26(23)38-27)32-33-25(20-6-4-8-22(14-20)34(35)36)17-37-28(33)30-21-7-5-13-29-16-21/h2-17,31H,1H3. The number of para-hydroxylation sites is 1. The van der Waals surface area contributed by atoms with Crippen molar-refractivity contribution < 1.29 is 4.92 Å². The summed E-state index contributed by atoms with van der Waals surface area (Å²) < 4.78 is 1.74. The van der Waals surface area contributed by atoms with E-state index in [1.54, 1.807) is 41.0 Å². The van der Waals surface area contributed by atoms with Crippen LogP contribution in [0.2, 0.25) is 0 Å². The van der Waals surface area contributed by atoms with Gasteiger partial charge in [-0.2, -0.15) is 5.10 Å². The normalized spacial score (nSPS) is 13.0. The maximum absolute atomic E-state index is 11.4. The van der Waals surface area contributed by atoms with E-state index in [0.29, 0.717) is 21.7 Å². The lowest BCUT2D eigenvalue weighted by atomic mass is 10.1. The molecule has 0 radical (unpaired) electrons. The van der Waals surface area contributed by atoms with Crippen molar-refractivity contribution in [2.24, 2.45) is 10.1 Å². The molecule has 0 amide bonds. The van der Waals surface area contributed by atoms with Gasteiger partial charge in [0.1, 0.15) is 0 Å². The summed E-state index contributed by atoms with van der Waals surface area (Å²) in [5.41, 5.74) is 5.93. The van der Waals surface area contributed by atoms with Crippen molar-refractivity contribution in [3.63, 3.8) is 0 Å². The molecule has 0 unspecified atom stereocenters.